The van der Waals surface area contributed by atoms with Gasteiger partial charge in [0.25, 0.3) is 0 Å². The predicted molar refractivity (Wildman–Crippen MR) is 89.4 cm³/mol. The van der Waals surface area contributed by atoms with Crippen LogP contribution >= 0.6 is 0 Å². The first kappa shape index (κ1) is 15.5. The van der Waals surface area contributed by atoms with Crippen molar-refractivity contribution in [2.24, 2.45) is 5.92 Å². The van der Waals surface area contributed by atoms with Gasteiger partial charge >= 0.3 is 0 Å². The Hall–Kier alpha value is -1.35. The highest BCUT2D eigenvalue weighted by molar-refractivity contribution is 5.79. The van der Waals surface area contributed by atoms with Crippen LogP contribution in [0.4, 0.5) is 0 Å². The van der Waals surface area contributed by atoms with Gasteiger partial charge in [-0.3, -0.25) is 9.69 Å². The number of amides is 1. The van der Waals surface area contributed by atoms with E-state index in [0.29, 0.717) is 24.5 Å². The van der Waals surface area contributed by atoms with E-state index < -0.39 is 0 Å². The lowest BCUT2D eigenvalue weighted by Gasteiger charge is -2.31. The van der Waals surface area contributed by atoms with Gasteiger partial charge in [-0.1, -0.05) is 30.3 Å². The van der Waals surface area contributed by atoms with Crippen LogP contribution in [-0.4, -0.2) is 40.9 Å². The zero-order valence-electron chi connectivity index (χ0n) is 13.9. The molecule has 2 aliphatic carbocycles. The number of nitrogens with zero attached hydrogens (tertiary/aromatic N) is 2. The highest BCUT2D eigenvalue weighted by atomic mass is 16.2. The van der Waals surface area contributed by atoms with Gasteiger partial charge in [-0.05, 0) is 51.0 Å². The molecule has 120 valence electrons. The standard InChI is InChI=1S/C19H28N2O/c1-3-21(18-11-12-18)19(22)14-20(15(2)17-9-10-17)13-16-7-5-4-6-8-16/h4-8,15,17-18H,3,9-14H2,1-2H3. The fourth-order valence-electron chi connectivity index (χ4n) is 3.33. The van der Waals surface area contributed by atoms with Crippen molar-refractivity contribution >= 4 is 5.91 Å². The number of carbonyl (C=O) groups is 1. The van der Waals surface area contributed by atoms with Gasteiger partial charge in [0, 0.05) is 25.2 Å². The fourth-order valence-corrected chi connectivity index (χ4v) is 3.33. The molecular weight excluding hydrogens is 272 g/mol. The third kappa shape index (κ3) is 3.89. The second kappa shape index (κ2) is 6.82. The number of rotatable bonds is 8. The second-order valence-electron chi connectivity index (χ2n) is 6.88. The molecule has 0 aliphatic heterocycles. The van der Waals surface area contributed by atoms with Crippen LogP contribution in [0.3, 0.4) is 0 Å². The summed E-state index contributed by atoms with van der Waals surface area (Å²) in [6.45, 7) is 6.69. The van der Waals surface area contributed by atoms with Crippen LogP contribution < -0.4 is 0 Å². The number of hydrogen-bond donors (Lipinski definition) is 0. The van der Waals surface area contributed by atoms with E-state index in [9.17, 15) is 4.79 Å². The summed E-state index contributed by atoms with van der Waals surface area (Å²) in [6.07, 6.45) is 5.02. The summed E-state index contributed by atoms with van der Waals surface area (Å²) < 4.78 is 0. The molecule has 0 spiro atoms. The number of benzene rings is 1. The molecule has 1 aromatic carbocycles. The Morgan fingerprint density at radius 1 is 1.18 bits per heavy atom. The van der Waals surface area contributed by atoms with Crippen LogP contribution in [0.15, 0.2) is 30.3 Å². The molecule has 0 bridgehead atoms. The summed E-state index contributed by atoms with van der Waals surface area (Å²) in [5.41, 5.74) is 1.30. The van der Waals surface area contributed by atoms with E-state index in [4.69, 9.17) is 0 Å². The molecule has 0 N–H and O–H groups in total. The van der Waals surface area contributed by atoms with Crippen molar-refractivity contribution in [3.8, 4) is 0 Å². The molecule has 2 aliphatic rings. The molecule has 3 heteroatoms. The van der Waals surface area contributed by atoms with Gasteiger partial charge in [0.1, 0.15) is 0 Å². The van der Waals surface area contributed by atoms with Crippen molar-refractivity contribution in [2.75, 3.05) is 13.1 Å². The molecule has 1 unspecified atom stereocenters. The van der Waals surface area contributed by atoms with Gasteiger partial charge in [0.05, 0.1) is 6.54 Å². The highest BCUT2D eigenvalue weighted by Gasteiger charge is 2.36. The maximum absolute atomic E-state index is 12.7. The van der Waals surface area contributed by atoms with E-state index in [-0.39, 0.29) is 0 Å². The monoisotopic (exact) mass is 300 g/mol. The SMILES string of the molecule is CCN(C(=O)CN(Cc1ccccc1)C(C)C1CC1)C1CC1. The van der Waals surface area contributed by atoms with E-state index >= 15 is 0 Å². The van der Waals surface area contributed by atoms with Gasteiger partial charge in [-0.2, -0.15) is 0 Å². The van der Waals surface area contributed by atoms with E-state index in [2.05, 4.69) is 54.0 Å². The van der Waals surface area contributed by atoms with Crippen molar-refractivity contribution in [1.82, 2.24) is 9.80 Å². The molecule has 0 radical (unpaired) electrons. The van der Waals surface area contributed by atoms with Crippen LogP contribution in [0.2, 0.25) is 0 Å². The van der Waals surface area contributed by atoms with Gasteiger partial charge < -0.3 is 4.90 Å². The summed E-state index contributed by atoms with van der Waals surface area (Å²) in [5, 5.41) is 0. The molecule has 2 fully saturated rings. The number of carbonyl (C=O) groups excluding carboxylic acids is 1. The summed E-state index contributed by atoms with van der Waals surface area (Å²) in [5.74, 6) is 1.10. The molecule has 1 atom stereocenters. The van der Waals surface area contributed by atoms with Crippen LogP contribution in [-0.2, 0) is 11.3 Å². The third-order valence-electron chi connectivity index (χ3n) is 5.10. The quantitative estimate of drug-likeness (QED) is 0.735. The summed E-state index contributed by atoms with van der Waals surface area (Å²) in [7, 11) is 0. The van der Waals surface area contributed by atoms with E-state index in [1.165, 1.54) is 31.2 Å². The lowest BCUT2D eigenvalue weighted by molar-refractivity contribution is -0.133. The van der Waals surface area contributed by atoms with Gasteiger partial charge in [0.15, 0.2) is 0 Å². The average Bonchev–Trinajstić information content (AvgIpc) is 3.39. The smallest absolute Gasteiger partial charge is 0.237 e. The number of hydrogen-bond acceptors (Lipinski definition) is 2. The van der Waals surface area contributed by atoms with E-state index in [1.807, 2.05) is 0 Å². The maximum Gasteiger partial charge on any atom is 0.237 e. The molecule has 2 saturated carbocycles. The van der Waals surface area contributed by atoms with E-state index in [1.54, 1.807) is 0 Å². The minimum absolute atomic E-state index is 0.313. The van der Waals surface area contributed by atoms with Crippen molar-refractivity contribution in [3.63, 3.8) is 0 Å². The minimum atomic E-state index is 0.313. The molecule has 3 rings (SSSR count). The third-order valence-corrected chi connectivity index (χ3v) is 5.10. The average molecular weight is 300 g/mol. The van der Waals surface area contributed by atoms with Gasteiger partial charge in [0.2, 0.25) is 5.91 Å². The summed E-state index contributed by atoms with van der Waals surface area (Å²) in [6, 6.07) is 11.6. The molecular formula is C19H28N2O. The first-order valence-corrected chi connectivity index (χ1v) is 8.76. The lowest BCUT2D eigenvalue weighted by Crippen LogP contribution is -2.44. The molecule has 0 aromatic heterocycles. The zero-order chi connectivity index (χ0) is 15.5. The largest absolute Gasteiger partial charge is 0.339 e. The Labute approximate surface area is 134 Å². The predicted octanol–water partition coefficient (Wildman–Crippen LogP) is 3.30. The van der Waals surface area contributed by atoms with Crippen LogP contribution in [0.25, 0.3) is 0 Å². The van der Waals surface area contributed by atoms with Crippen molar-refractivity contribution in [2.45, 2.75) is 58.2 Å². The Bertz CT molecular complexity index is 493. The molecule has 1 aromatic rings. The molecule has 3 nitrogen and oxygen atoms in total. The zero-order valence-corrected chi connectivity index (χ0v) is 13.9. The molecule has 0 saturated heterocycles. The van der Waals surface area contributed by atoms with Gasteiger partial charge in [-0.25, -0.2) is 0 Å². The first-order valence-electron chi connectivity index (χ1n) is 8.76. The minimum Gasteiger partial charge on any atom is -0.339 e. The lowest BCUT2D eigenvalue weighted by atomic mass is 10.1. The molecule has 22 heavy (non-hydrogen) atoms. The Morgan fingerprint density at radius 2 is 1.86 bits per heavy atom. The first-order chi connectivity index (χ1) is 10.7. The Morgan fingerprint density at radius 3 is 2.41 bits per heavy atom. The van der Waals surface area contributed by atoms with Crippen molar-refractivity contribution in [3.05, 3.63) is 35.9 Å². The van der Waals surface area contributed by atoms with Crippen LogP contribution in [0, 0.1) is 5.92 Å². The fraction of sp³-hybridized carbons (Fsp3) is 0.632. The van der Waals surface area contributed by atoms with Crippen molar-refractivity contribution in [1.29, 1.82) is 0 Å². The maximum atomic E-state index is 12.7. The number of likely N-dealkylation sites (N-methyl/N-ethyl adjacent to an activating group) is 1. The van der Waals surface area contributed by atoms with E-state index in [0.717, 1.165) is 19.0 Å². The Balaban J connectivity index is 1.66. The summed E-state index contributed by atoms with van der Waals surface area (Å²) >= 11 is 0. The topological polar surface area (TPSA) is 23.6 Å². The molecule has 1 amide bonds. The van der Waals surface area contributed by atoms with Gasteiger partial charge in [-0.15, -0.1) is 0 Å². The second-order valence-corrected chi connectivity index (χ2v) is 6.88. The highest BCUT2D eigenvalue weighted by Crippen LogP contribution is 2.36. The summed E-state index contributed by atoms with van der Waals surface area (Å²) in [4.78, 5) is 17.2. The Kier molecular flexibility index (Phi) is 4.82. The normalized spacial score (nSPS) is 19.2. The van der Waals surface area contributed by atoms with Crippen LogP contribution in [0.1, 0.15) is 45.1 Å². The molecule has 0 heterocycles. The van der Waals surface area contributed by atoms with Crippen molar-refractivity contribution < 1.29 is 4.79 Å². The van der Waals surface area contributed by atoms with Crippen LogP contribution in [0.5, 0.6) is 0 Å².